The van der Waals surface area contributed by atoms with Gasteiger partial charge in [-0.2, -0.15) is 0 Å². The Morgan fingerprint density at radius 2 is 2.06 bits per heavy atom. The molecule has 0 spiro atoms. The molecule has 4 aromatic rings. The minimum absolute atomic E-state index is 0.000173. The van der Waals surface area contributed by atoms with E-state index in [0.717, 1.165) is 59.8 Å². The summed E-state index contributed by atoms with van der Waals surface area (Å²) in [6.07, 6.45) is 7.07. The third-order valence-corrected chi connectivity index (χ3v) is 8.40. The average Bonchev–Trinajstić information content (AvgIpc) is 3.38. The maximum absolute atomic E-state index is 12.3. The van der Waals surface area contributed by atoms with Crippen molar-refractivity contribution >= 4 is 43.7 Å². The number of piperazine rings is 1. The van der Waals surface area contributed by atoms with Crippen LogP contribution < -0.4 is 10.5 Å². The Hall–Kier alpha value is -2.36. The average molecular weight is 453 g/mol. The SMILES string of the molecule is C[C@H]1CCc2c(sc3ncnc(N4CCN(Cc5cc(=O)n6ccsc6n5)CC4)c23)C1. The van der Waals surface area contributed by atoms with E-state index in [4.69, 9.17) is 4.98 Å². The summed E-state index contributed by atoms with van der Waals surface area (Å²) in [5.41, 5.74) is 2.34. The van der Waals surface area contributed by atoms with Gasteiger partial charge < -0.3 is 4.90 Å². The van der Waals surface area contributed by atoms with Crippen molar-refractivity contribution < 1.29 is 0 Å². The highest BCUT2D eigenvalue weighted by Crippen LogP contribution is 2.40. The molecule has 6 rings (SSSR count). The molecule has 0 radical (unpaired) electrons. The fraction of sp³-hybridized carbons (Fsp3) is 0.455. The second-order valence-corrected chi connectivity index (χ2v) is 10.6. The summed E-state index contributed by atoms with van der Waals surface area (Å²) in [4.78, 5) is 34.5. The molecule has 0 N–H and O–H groups in total. The molecule has 1 aliphatic heterocycles. The molecule has 1 saturated heterocycles. The van der Waals surface area contributed by atoms with E-state index >= 15 is 0 Å². The third kappa shape index (κ3) is 3.44. The monoisotopic (exact) mass is 452 g/mol. The van der Waals surface area contributed by atoms with Crippen LogP contribution in [0.25, 0.3) is 15.2 Å². The highest BCUT2D eigenvalue weighted by Gasteiger charge is 2.26. The summed E-state index contributed by atoms with van der Waals surface area (Å²) in [6, 6.07) is 1.67. The first-order chi connectivity index (χ1) is 15.2. The van der Waals surface area contributed by atoms with Crippen LogP contribution in [0.1, 0.15) is 29.5 Å². The Bertz CT molecular complexity index is 1320. The number of aromatic nitrogens is 4. The van der Waals surface area contributed by atoms with Crippen molar-refractivity contribution in [2.75, 3.05) is 31.1 Å². The lowest BCUT2D eigenvalue weighted by Crippen LogP contribution is -2.46. The van der Waals surface area contributed by atoms with Crippen molar-refractivity contribution in [1.29, 1.82) is 0 Å². The molecule has 0 aromatic carbocycles. The van der Waals surface area contributed by atoms with Crippen molar-refractivity contribution in [1.82, 2.24) is 24.3 Å². The molecule has 7 nitrogen and oxygen atoms in total. The highest BCUT2D eigenvalue weighted by atomic mass is 32.1. The summed E-state index contributed by atoms with van der Waals surface area (Å²) in [7, 11) is 0. The van der Waals surface area contributed by atoms with Gasteiger partial charge in [0, 0.05) is 55.2 Å². The third-order valence-electron chi connectivity index (χ3n) is 6.49. The van der Waals surface area contributed by atoms with Crippen LogP contribution in [-0.4, -0.2) is 50.4 Å². The molecular weight excluding hydrogens is 428 g/mol. The molecule has 2 aliphatic rings. The van der Waals surface area contributed by atoms with Crippen LogP contribution >= 0.6 is 22.7 Å². The molecule has 0 saturated carbocycles. The van der Waals surface area contributed by atoms with Crippen LogP contribution in [0.3, 0.4) is 0 Å². The number of nitrogens with zero attached hydrogens (tertiary/aromatic N) is 6. The summed E-state index contributed by atoms with van der Waals surface area (Å²) < 4.78 is 1.61. The molecule has 160 valence electrons. The van der Waals surface area contributed by atoms with E-state index in [0.29, 0.717) is 6.54 Å². The number of anilines is 1. The topological polar surface area (TPSA) is 66.6 Å². The smallest absolute Gasteiger partial charge is 0.258 e. The lowest BCUT2D eigenvalue weighted by molar-refractivity contribution is 0.247. The predicted molar refractivity (Wildman–Crippen MR) is 125 cm³/mol. The van der Waals surface area contributed by atoms with E-state index in [1.165, 1.54) is 40.0 Å². The van der Waals surface area contributed by atoms with Crippen LogP contribution in [0.5, 0.6) is 0 Å². The molecule has 0 amide bonds. The van der Waals surface area contributed by atoms with Gasteiger partial charge in [-0.05, 0) is 30.7 Å². The molecule has 0 bridgehead atoms. The van der Waals surface area contributed by atoms with Gasteiger partial charge in [-0.3, -0.25) is 14.1 Å². The second kappa shape index (κ2) is 7.65. The van der Waals surface area contributed by atoms with Crippen molar-refractivity contribution in [3.63, 3.8) is 0 Å². The Kier molecular flexibility index (Phi) is 4.77. The van der Waals surface area contributed by atoms with Gasteiger partial charge in [0.05, 0.1) is 11.1 Å². The molecule has 0 unspecified atom stereocenters. The molecule has 5 heterocycles. The fourth-order valence-electron chi connectivity index (χ4n) is 4.81. The van der Waals surface area contributed by atoms with Gasteiger partial charge in [0.25, 0.3) is 5.56 Å². The zero-order chi connectivity index (χ0) is 20.9. The number of fused-ring (bicyclic) bond motifs is 4. The molecule has 1 atom stereocenters. The minimum Gasteiger partial charge on any atom is -0.353 e. The number of hydrogen-bond acceptors (Lipinski definition) is 8. The van der Waals surface area contributed by atoms with Crippen molar-refractivity contribution in [2.45, 2.75) is 32.7 Å². The van der Waals surface area contributed by atoms with Crippen LogP contribution in [0, 0.1) is 5.92 Å². The van der Waals surface area contributed by atoms with Crippen LogP contribution in [0.4, 0.5) is 5.82 Å². The first-order valence-electron chi connectivity index (χ1n) is 10.8. The van der Waals surface area contributed by atoms with Crippen molar-refractivity contribution in [3.8, 4) is 0 Å². The van der Waals surface area contributed by atoms with Crippen LogP contribution in [0.15, 0.2) is 28.8 Å². The number of thiazole rings is 1. The zero-order valence-electron chi connectivity index (χ0n) is 17.5. The van der Waals surface area contributed by atoms with Gasteiger partial charge in [0.15, 0.2) is 4.96 Å². The Labute approximate surface area is 188 Å². The lowest BCUT2D eigenvalue weighted by Gasteiger charge is -2.35. The van der Waals surface area contributed by atoms with E-state index in [1.54, 1.807) is 23.0 Å². The highest BCUT2D eigenvalue weighted by molar-refractivity contribution is 7.19. The normalized spacial score (nSPS) is 19.9. The first-order valence-corrected chi connectivity index (χ1v) is 12.5. The summed E-state index contributed by atoms with van der Waals surface area (Å²) in [6.45, 7) is 6.77. The molecule has 1 fully saturated rings. The lowest BCUT2D eigenvalue weighted by atomic mass is 9.89. The first kappa shape index (κ1) is 19.3. The molecule has 9 heteroatoms. The number of rotatable bonds is 3. The predicted octanol–water partition coefficient (Wildman–Crippen LogP) is 3.21. The van der Waals surface area contributed by atoms with Crippen molar-refractivity contribution in [3.05, 3.63) is 50.5 Å². The van der Waals surface area contributed by atoms with E-state index in [2.05, 4.69) is 26.7 Å². The zero-order valence-corrected chi connectivity index (χ0v) is 19.1. The molecule has 1 aliphatic carbocycles. The minimum atomic E-state index is -0.000173. The standard InChI is InChI=1S/C22H24N6OS2/c1-14-2-3-16-17(10-14)31-21-19(16)20(23-13-24-21)27-6-4-26(5-7-27)12-15-11-18(29)28-8-9-30-22(28)25-15/h8-9,11,13-14H,2-7,10,12H2,1H3/t14-/m0/s1. The van der Waals surface area contributed by atoms with E-state index in [-0.39, 0.29) is 5.56 Å². The van der Waals surface area contributed by atoms with Gasteiger partial charge >= 0.3 is 0 Å². The maximum atomic E-state index is 12.3. The van der Waals surface area contributed by atoms with Gasteiger partial charge in [-0.1, -0.05) is 6.92 Å². The molecule has 4 aromatic heterocycles. The maximum Gasteiger partial charge on any atom is 0.258 e. The molecule has 31 heavy (non-hydrogen) atoms. The summed E-state index contributed by atoms with van der Waals surface area (Å²) >= 11 is 3.36. The van der Waals surface area contributed by atoms with Gasteiger partial charge in [0.1, 0.15) is 17.0 Å². The number of hydrogen-bond donors (Lipinski definition) is 0. The van der Waals surface area contributed by atoms with Crippen LogP contribution in [-0.2, 0) is 19.4 Å². The van der Waals surface area contributed by atoms with Crippen molar-refractivity contribution in [2.24, 2.45) is 5.92 Å². The Morgan fingerprint density at radius 1 is 1.19 bits per heavy atom. The Balaban J connectivity index is 1.21. The fourth-order valence-corrected chi connectivity index (χ4v) is 6.90. The van der Waals surface area contributed by atoms with Gasteiger partial charge in [0.2, 0.25) is 0 Å². The van der Waals surface area contributed by atoms with Gasteiger partial charge in [-0.25, -0.2) is 15.0 Å². The molecular formula is C22H24N6OS2. The van der Waals surface area contributed by atoms with E-state index in [1.807, 2.05) is 16.7 Å². The number of thiophene rings is 1. The van der Waals surface area contributed by atoms with E-state index in [9.17, 15) is 4.79 Å². The quantitative estimate of drug-likeness (QED) is 0.476. The second-order valence-electron chi connectivity index (χ2n) is 8.63. The van der Waals surface area contributed by atoms with Crippen LogP contribution in [0.2, 0.25) is 0 Å². The largest absolute Gasteiger partial charge is 0.353 e. The number of aryl methyl sites for hydroxylation is 1. The van der Waals surface area contributed by atoms with E-state index < -0.39 is 0 Å². The van der Waals surface area contributed by atoms with Gasteiger partial charge in [-0.15, -0.1) is 22.7 Å². The summed E-state index contributed by atoms with van der Waals surface area (Å²) in [5.74, 6) is 1.86. The summed E-state index contributed by atoms with van der Waals surface area (Å²) in [5, 5.41) is 3.19. The Morgan fingerprint density at radius 3 is 2.94 bits per heavy atom.